The predicted octanol–water partition coefficient (Wildman–Crippen LogP) is 2.91. The van der Waals surface area contributed by atoms with E-state index in [0.29, 0.717) is 6.54 Å². The molecule has 0 aliphatic carbocycles. The second kappa shape index (κ2) is 7.81. The van der Waals surface area contributed by atoms with Gasteiger partial charge in [0.25, 0.3) is 0 Å². The smallest absolute Gasteiger partial charge is 0.0639 e. The van der Waals surface area contributed by atoms with Crippen LogP contribution in [0.25, 0.3) is 0 Å². The third-order valence-corrected chi connectivity index (χ3v) is 3.41. The lowest BCUT2D eigenvalue weighted by Gasteiger charge is -2.23. The first-order valence-corrected chi connectivity index (χ1v) is 7.38. The molecule has 1 aromatic heterocycles. The fourth-order valence-corrected chi connectivity index (χ4v) is 2.52. The maximum Gasteiger partial charge on any atom is 0.0639 e. The first kappa shape index (κ1) is 15.5. The number of aliphatic hydroxyl groups excluding tert-OH is 1. The van der Waals surface area contributed by atoms with E-state index < -0.39 is 0 Å². The van der Waals surface area contributed by atoms with Gasteiger partial charge in [0.1, 0.15) is 0 Å². The predicted molar refractivity (Wildman–Crippen MR) is 87.1 cm³/mol. The number of nitrogens with zero attached hydrogens (tertiary/aromatic N) is 2. The molecule has 0 radical (unpaired) electrons. The van der Waals surface area contributed by atoms with E-state index in [0.717, 1.165) is 19.6 Å². The largest absolute Gasteiger partial charge is 0.392 e. The molecule has 1 heterocycles. The van der Waals surface area contributed by atoms with Gasteiger partial charge >= 0.3 is 0 Å². The van der Waals surface area contributed by atoms with Gasteiger partial charge in [-0.3, -0.25) is 4.90 Å². The third-order valence-electron chi connectivity index (χ3n) is 3.41. The highest BCUT2D eigenvalue weighted by atomic mass is 16.3. The van der Waals surface area contributed by atoms with Crippen molar-refractivity contribution in [3.8, 4) is 0 Å². The van der Waals surface area contributed by atoms with E-state index in [1.54, 1.807) is 0 Å². The molecule has 3 heteroatoms. The lowest BCUT2D eigenvalue weighted by Crippen LogP contribution is -2.31. The standard InChI is InChI=1S/C18H24N2O/c1-3-11-19(13-16(2)21)15-18-10-7-12-20(18)14-17-8-5-4-6-9-17/h3-10,12,16,21H,1,11,13-15H2,2H3/t16-/m0/s1. The van der Waals surface area contributed by atoms with E-state index in [1.807, 2.05) is 19.1 Å². The lowest BCUT2D eigenvalue weighted by molar-refractivity contribution is 0.128. The summed E-state index contributed by atoms with van der Waals surface area (Å²) in [5.41, 5.74) is 2.54. The molecule has 0 bridgehead atoms. The molecule has 0 saturated carbocycles. The van der Waals surface area contributed by atoms with Gasteiger partial charge in [0.15, 0.2) is 0 Å². The summed E-state index contributed by atoms with van der Waals surface area (Å²) in [6, 6.07) is 14.7. The first-order chi connectivity index (χ1) is 10.2. The summed E-state index contributed by atoms with van der Waals surface area (Å²) in [5.74, 6) is 0. The van der Waals surface area contributed by atoms with Crippen LogP contribution in [-0.4, -0.2) is 33.8 Å². The molecule has 0 aliphatic rings. The summed E-state index contributed by atoms with van der Waals surface area (Å²) in [4.78, 5) is 2.20. The topological polar surface area (TPSA) is 28.4 Å². The van der Waals surface area contributed by atoms with E-state index in [4.69, 9.17) is 0 Å². The zero-order valence-electron chi connectivity index (χ0n) is 12.7. The molecule has 0 aliphatic heterocycles. The zero-order valence-corrected chi connectivity index (χ0v) is 12.7. The number of hydrogen-bond donors (Lipinski definition) is 1. The normalized spacial score (nSPS) is 12.5. The molecule has 0 amide bonds. The SMILES string of the molecule is C=CCN(Cc1cccn1Cc1ccccc1)C[C@H](C)O. The zero-order chi connectivity index (χ0) is 15.1. The van der Waals surface area contributed by atoms with E-state index in [1.165, 1.54) is 11.3 Å². The van der Waals surface area contributed by atoms with Crippen LogP contribution in [0, 0.1) is 0 Å². The number of rotatable bonds is 8. The summed E-state index contributed by atoms with van der Waals surface area (Å²) in [6.07, 6.45) is 3.66. The molecule has 1 N–H and O–H groups in total. The molecule has 1 atom stereocenters. The molecule has 0 fully saturated rings. The fourth-order valence-electron chi connectivity index (χ4n) is 2.52. The number of benzene rings is 1. The van der Waals surface area contributed by atoms with Crippen molar-refractivity contribution in [3.05, 3.63) is 72.6 Å². The van der Waals surface area contributed by atoms with Crippen molar-refractivity contribution in [1.29, 1.82) is 0 Å². The van der Waals surface area contributed by atoms with Crippen molar-refractivity contribution < 1.29 is 5.11 Å². The van der Waals surface area contributed by atoms with Gasteiger partial charge in [0.05, 0.1) is 6.10 Å². The second-order valence-corrected chi connectivity index (χ2v) is 5.44. The molecular formula is C18H24N2O. The maximum absolute atomic E-state index is 9.60. The Balaban J connectivity index is 2.06. The summed E-state index contributed by atoms with van der Waals surface area (Å²) < 4.78 is 2.26. The molecule has 112 valence electrons. The van der Waals surface area contributed by atoms with Crippen LogP contribution in [0.2, 0.25) is 0 Å². The van der Waals surface area contributed by atoms with E-state index in [9.17, 15) is 5.11 Å². The summed E-state index contributed by atoms with van der Waals surface area (Å²) >= 11 is 0. The van der Waals surface area contributed by atoms with Crippen molar-refractivity contribution >= 4 is 0 Å². The molecule has 2 aromatic rings. The quantitative estimate of drug-likeness (QED) is 0.755. The van der Waals surface area contributed by atoms with Crippen LogP contribution in [0.1, 0.15) is 18.2 Å². The Bertz CT molecular complexity index is 545. The molecule has 0 unspecified atom stereocenters. The van der Waals surface area contributed by atoms with Crippen LogP contribution in [-0.2, 0) is 13.1 Å². The Morgan fingerprint density at radius 3 is 2.67 bits per heavy atom. The van der Waals surface area contributed by atoms with Crippen LogP contribution < -0.4 is 0 Å². The van der Waals surface area contributed by atoms with E-state index >= 15 is 0 Å². The highest BCUT2D eigenvalue weighted by Gasteiger charge is 2.10. The highest BCUT2D eigenvalue weighted by Crippen LogP contribution is 2.11. The van der Waals surface area contributed by atoms with Crippen molar-refractivity contribution in [2.24, 2.45) is 0 Å². The summed E-state index contributed by atoms with van der Waals surface area (Å²) in [7, 11) is 0. The molecule has 0 spiro atoms. The number of hydrogen-bond acceptors (Lipinski definition) is 2. The average Bonchev–Trinajstić information content (AvgIpc) is 2.87. The molecule has 0 saturated heterocycles. The minimum atomic E-state index is -0.331. The van der Waals surface area contributed by atoms with Crippen molar-refractivity contribution in [1.82, 2.24) is 9.47 Å². The van der Waals surface area contributed by atoms with Gasteiger partial charge in [-0.2, -0.15) is 0 Å². The van der Waals surface area contributed by atoms with Crippen LogP contribution >= 0.6 is 0 Å². The Kier molecular flexibility index (Phi) is 5.78. The Labute approximate surface area is 127 Å². The molecule has 21 heavy (non-hydrogen) atoms. The number of aromatic nitrogens is 1. The molecule has 3 nitrogen and oxygen atoms in total. The van der Waals surface area contributed by atoms with Gasteiger partial charge in [0.2, 0.25) is 0 Å². The van der Waals surface area contributed by atoms with Crippen LogP contribution in [0.15, 0.2) is 61.3 Å². The van der Waals surface area contributed by atoms with Gasteiger partial charge in [-0.1, -0.05) is 36.4 Å². The van der Waals surface area contributed by atoms with Gasteiger partial charge in [-0.05, 0) is 24.6 Å². The molecule has 2 rings (SSSR count). The minimum Gasteiger partial charge on any atom is -0.392 e. The molecular weight excluding hydrogens is 260 g/mol. The van der Waals surface area contributed by atoms with Crippen LogP contribution in [0.3, 0.4) is 0 Å². The van der Waals surface area contributed by atoms with Gasteiger partial charge in [-0.25, -0.2) is 0 Å². The van der Waals surface area contributed by atoms with Crippen molar-refractivity contribution in [3.63, 3.8) is 0 Å². The Hall–Kier alpha value is -1.84. The Morgan fingerprint density at radius 1 is 1.24 bits per heavy atom. The first-order valence-electron chi connectivity index (χ1n) is 7.38. The Morgan fingerprint density at radius 2 is 2.00 bits per heavy atom. The van der Waals surface area contributed by atoms with Gasteiger partial charge in [-0.15, -0.1) is 6.58 Å². The summed E-state index contributed by atoms with van der Waals surface area (Å²) in [5, 5.41) is 9.60. The monoisotopic (exact) mass is 284 g/mol. The lowest BCUT2D eigenvalue weighted by atomic mass is 10.2. The van der Waals surface area contributed by atoms with E-state index in [-0.39, 0.29) is 6.10 Å². The fraction of sp³-hybridized carbons (Fsp3) is 0.333. The van der Waals surface area contributed by atoms with Crippen molar-refractivity contribution in [2.45, 2.75) is 26.1 Å². The van der Waals surface area contributed by atoms with E-state index in [2.05, 4.69) is 58.6 Å². The van der Waals surface area contributed by atoms with Crippen LogP contribution in [0.4, 0.5) is 0 Å². The van der Waals surface area contributed by atoms with Crippen LogP contribution in [0.5, 0.6) is 0 Å². The average molecular weight is 284 g/mol. The number of aliphatic hydroxyl groups is 1. The van der Waals surface area contributed by atoms with Gasteiger partial charge in [0, 0.05) is 38.1 Å². The second-order valence-electron chi connectivity index (χ2n) is 5.44. The third kappa shape index (κ3) is 4.88. The van der Waals surface area contributed by atoms with Gasteiger partial charge < -0.3 is 9.67 Å². The van der Waals surface area contributed by atoms with Crippen molar-refractivity contribution in [2.75, 3.05) is 13.1 Å². The summed E-state index contributed by atoms with van der Waals surface area (Å²) in [6.45, 7) is 8.74. The molecule has 1 aromatic carbocycles. The maximum atomic E-state index is 9.60. The highest BCUT2D eigenvalue weighted by molar-refractivity contribution is 5.17. The minimum absolute atomic E-state index is 0.331.